The van der Waals surface area contributed by atoms with Crippen molar-refractivity contribution < 1.29 is 22.6 Å². The van der Waals surface area contributed by atoms with E-state index >= 15 is 0 Å². The predicted molar refractivity (Wildman–Crippen MR) is 82.9 cm³/mol. The molecule has 0 amide bonds. The van der Waals surface area contributed by atoms with Gasteiger partial charge in [0.25, 0.3) is 0 Å². The number of fused-ring (bicyclic) bond motifs is 1. The lowest BCUT2D eigenvalue weighted by Gasteiger charge is -2.12. The van der Waals surface area contributed by atoms with Crippen LogP contribution in [0.2, 0.25) is 0 Å². The van der Waals surface area contributed by atoms with Gasteiger partial charge in [-0.05, 0) is 30.7 Å². The number of alkyl halides is 2. The Labute approximate surface area is 135 Å². The van der Waals surface area contributed by atoms with Crippen molar-refractivity contribution in [2.45, 2.75) is 13.5 Å². The molecule has 0 saturated heterocycles. The maximum absolute atomic E-state index is 14.6. The molecule has 0 N–H and O–H groups in total. The van der Waals surface area contributed by atoms with Crippen LogP contribution in [0.4, 0.5) is 13.2 Å². The highest BCUT2D eigenvalue weighted by atomic mass is 19.3. The summed E-state index contributed by atoms with van der Waals surface area (Å²) in [6.45, 7) is -1.20. The van der Waals surface area contributed by atoms with Crippen LogP contribution in [0.1, 0.15) is 5.56 Å². The van der Waals surface area contributed by atoms with Crippen LogP contribution in [-0.2, 0) is 0 Å². The molecule has 0 saturated carbocycles. The summed E-state index contributed by atoms with van der Waals surface area (Å²) in [6.07, 6.45) is 1.37. The molecule has 4 nitrogen and oxygen atoms in total. The van der Waals surface area contributed by atoms with E-state index < -0.39 is 18.4 Å². The average Bonchev–Trinajstić information content (AvgIpc) is 2.54. The Hall–Kier alpha value is -2.83. The number of aryl methyl sites for hydroxylation is 1. The predicted octanol–water partition coefficient (Wildman–Crippen LogP) is 4.35. The molecule has 124 valence electrons. The molecule has 7 heteroatoms. The van der Waals surface area contributed by atoms with Gasteiger partial charge in [0, 0.05) is 22.7 Å². The van der Waals surface area contributed by atoms with Crippen LogP contribution in [0.5, 0.6) is 11.8 Å². The van der Waals surface area contributed by atoms with Crippen LogP contribution in [0.25, 0.3) is 22.0 Å². The Morgan fingerprint density at radius 1 is 1.12 bits per heavy atom. The van der Waals surface area contributed by atoms with Gasteiger partial charge < -0.3 is 9.47 Å². The molecule has 0 fully saturated rings. The molecule has 0 aliphatic carbocycles. The van der Waals surface area contributed by atoms with Crippen molar-refractivity contribution in [3.05, 3.63) is 47.9 Å². The number of hydrogen-bond acceptors (Lipinski definition) is 4. The number of ether oxygens (including phenoxy) is 2. The number of hydrogen-bond donors (Lipinski definition) is 0. The molecule has 0 atom stereocenters. The van der Waals surface area contributed by atoms with Crippen molar-refractivity contribution in [3.8, 4) is 22.9 Å². The monoisotopic (exact) mass is 334 g/mol. The second kappa shape index (κ2) is 6.35. The summed E-state index contributed by atoms with van der Waals surface area (Å²) in [5, 5.41) is 0.592. The zero-order valence-corrected chi connectivity index (χ0v) is 12.9. The summed E-state index contributed by atoms with van der Waals surface area (Å²) < 4.78 is 48.6. The van der Waals surface area contributed by atoms with Crippen LogP contribution in [-0.4, -0.2) is 23.7 Å². The Kier molecular flexibility index (Phi) is 4.24. The van der Waals surface area contributed by atoms with Crippen molar-refractivity contribution in [2.75, 3.05) is 7.11 Å². The fourth-order valence-electron chi connectivity index (χ4n) is 2.50. The molecule has 0 aliphatic rings. The fraction of sp³-hybridized carbons (Fsp3) is 0.176. The summed E-state index contributed by atoms with van der Waals surface area (Å²) in [5.41, 5.74) is 1.87. The molecule has 1 aromatic heterocycles. The molecule has 3 rings (SSSR count). The molecular formula is C17H13F3N2O2. The van der Waals surface area contributed by atoms with E-state index in [1.807, 2.05) is 6.92 Å². The van der Waals surface area contributed by atoms with Crippen LogP contribution in [0, 0.1) is 12.7 Å². The second-order valence-corrected chi connectivity index (χ2v) is 5.10. The van der Waals surface area contributed by atoms with Crippen molar-refractivity contribution in [3.63, 3.8) is 0 Å². The van der Waals surface area contributed by atoms with E-state index in [0.717, 1.165) is 5.56 Å². The summed E-state index contributed by atoms with van der Waals surface area (Å²) in [4.78, 5) is 7.76. The Bertz CT molecular complexity index is 900. The molecule has 0 spiro atoms. The lowest BCUT2D eigenvalue weighted by molar-refractivity contribution is -0.0558. The third-order valence-electron chi connectivity index (χ3n) is 3.47. The SMILES string of the molecule is COc1cccc(-c2cc(C)cc3cnc(OC(F)F)nc23)c1F. The number of halogens is 3. The summed E-state index contributed by atoms with van der Waals surface area (Å²) >= 11 is 0. The van der Waals surface area contributed by atoms with E-state index in [-0.39, 0.29) is 11.3 Å². The first-order chi connectivity index (χ1) is 11.5. The molecule has 2 aromatic carbocycles. The number of nitrogens with zero attached hydrogens (tertiary/aromatic N) is 2. The smallest absolute Gasteiger partial charge is 0.389 e. The van der Waals surface area contributed by atoms with E-state index in [1.54, 1.807) is 24.3 Å². The van der Waals surface area contributed by atoms with E-state index in [1.165, 1.54) is 19.4 Å². The zero-order chi connectivity index (χ0) is 17.3. The van der Waals surface area contributed by atoms with Gasteiger partial charge in [-0.15, -0.1) is 0 Å². The van der Waals surface area contributed by atoms with Gasteiger partial charge in [-0.3, -0.25) is 0 Å². The van der Waals surface area contributed by atoms with Gasteiger partial charge in [0.05, 0.1) is 12.6 Å². The normalized spacial score (nSPS) is 11.1. The summed E-state index contributed by atoms with van der Waals surface area (Å²) in [7, 11) is 1.37. The van der Waals surface area contributed by atoms with Gasteiger partial charge in [-0.25, -0.2) is 9.37 Å². The highest BCUT2D eigenvalue weighted by Crippen LogP contribution is 2.34. The lowest BCUT2D eigenvalue weighted by atomic mass is 9.99. The zero-order valence-electron chi connectivity index (χ0n) is 12.9. The molecule has 0 radical (unpaired) electrons. The van der Waals surface area contributed by atoms with Gasteiger partial charge in [0.15, 0.2) is 11.6 Å². The molecule has 1 heterocycles. The minimum Gasteiger partial charge on any atom is -0.494 e. The Balaban J connectivity index is 2.26. The maximum atomic E-state index is 14.6. The van der Waals surface area contributed by atoms with Crippen molar-refractivity contribution in [1.82, 2.24) is 9.97 Å². The van der Waals surface area contributed by atoms with Gasteiger partial charge in [-0.2, -0.15) is 13.8 Å². The number of benzene rings is 2. The first-order valence-electron chi connectivity index (χ1n) is 7.04. The van der Waals surface area contributed by atoms with Crippen molar-refractivity contribution >= 4 is 10.9 Å². The number of aromatic nitrogens is 2. The van der Waals surface area contributed by atoms with Crippen LogP contribution < -0.4 is 9.47 Å². The summed E-state index contributed by atoms with van der Waals surface area (Å²) in [6, 6.07) is 7.75. The number of methoxy groups -OCH3 is 1. The van der Waals surface area contributed by atoms with Crippen LogP contribution in [0.3, 0.4) is 0 Å². The molecule has 0 unspecified atom stereocenters. The highest BCUT2D eigenvalue weighted by molar-refractivity contribution is 5.94. The van der Waals surface area contributed by atoms with E-state index in [4.69, 9.17) is 4.74 Å². The molecule has 0 aliphatic heterocycles. The van der Waals surface area contributed by atoms with E-state index in [2.05, 4.69) is 14.7 Å². The van der Waals surface area contributed by atoms with Crippen LogP contribution in [0.15, 0.2) is 36.5 Å². The number of rotatable bonds is 4. The fourth-order valence-corrected chi connectivity index (χ4v) is 2.50. The Morgan fingerprint density at radius 3 is 2.62 bits per heavy atom. The Morgan fingerprint density at radius 2 is 1.92 bits per heavy atom. The van der Waals surface area contributed by atoms with Gasteiger partial charge >= 0.3 is 12.6 Å². The van der Waals surface area contributed by atoms with Crippen molar-refractivity contribution in [2.24, 2.45) is 0 Å². The quantitative estimate of drug-likeness (QED) is 0.711. The first kappa shape index (κ1) is 16.0. The topological polar surface area (TPSA) is 44.2 Å². The van der Waals surface area contributed by atoms with E-state index in [9.17, 15) is 13.2 Å². The largest absolute Gasteiger partial charge is 0.494 e. The molecule has 3 aromatic rings. The minimum absolute atomic E-state index is 0.0836. The van der Waals surface area contributed by atoms with Crippen molar-refractivity contribution in [1.29, 1.82) is 0 Å². The van der Waals surface area contributed by atoms with E-state index in [0.29, 0.717) is 16.5 Å². The minimum atomic E-state index is -3.04. The molecular weight excluding hydrogens is 321 g/mol. The highest BCUT2D eigenvalue weighted by Gasteiger charge is 2.16. The molecule has 24 heavy (non-hydrogen) atoms. The summed E-state index contributed by atoms with van der Waals surface area (Å²) in [5.74, 6) is -0.470. The standard InChI is InChI=1S/C17H13F3N2O2/c1-9-6-10-8-21-17(24-16(19)20)22-15(10)12(7-9)11-4-3-5-13(23-2)14(11)18/h3-8,16H,1-2H3. The third kappa shape index (κ3) is 2.97. The van der Waals surface area contributed by atoms with Gasteiger partial charge in [0.1, 0.15) is 0 Å². The second-order valence-electron chi connectivity index (χ2n) is 5.10. The lowest BCUT2D eigenvalue weighted by Crippen LogP contribution is -2.05. The van der Waals surface area contributed by atoms with Crippen LogP contribution >= 0.6 is 0 Å². The van der Waals surface area contributed by atoms with Gasteiger partial charge in [0.2, 0.25) is 0 Å². The first-order valence-corrected chi connectivity index (χ1v) is 7.04. The van der Waals surface area contributed by atoms with Gasteiger partial charge in [-0.1, -0.05) is 12.1 Å². The molecule has 0 bridgehead atoms. The third-order valence-corrected chi connectivity index (χ3v) is 3.47. The maximum Gasteiger partial charge on any atom is 0.389 e. The average molecular weight is 334 g/mol.